The second kappa shape index (κ2) is 6.36. The van der Waals surface area contributed by atoms with E-state index in [1.54, 1.807) is 13.2 Å². The number of ether oxygens (including phenoxy) is 1. The molecule has 118 valence electrons. The van der Waals surface area contributed by atoms with Crippen LogP contribution in [0.15, 0.2) is 11.0 Å². The molecule has 1 saturated carbocycles. The predicted octanol–water partition coefficient (Wildman–Crippen LogP) is 2.83. The van der Waals surface area contributed by atoms with Gasteiger partial charge in [-0.1, -0.05) is 25.4 Å². The first-order valence-electron chi connectivity index (χ1n) is 7.60. The number of hydrogen-bond donors (Lipinski definition) is 1. The summed E-state index contributed by atoms with van der Waals surface area (Å²) in [5.41, 5.74) is 0.437. The molecule has 0 aliphatic heterocycles. The highest BCUT2D eigenvalue weighted by Gasteiger charge is 2.53. The molecule has 1 aromatic rings. The maximum atomic E-state index is 11.8. The first-order valence-corrected chi connectivity index (χ1v) is 7.97. The second-order valence-corrected chi connectivity index (χ2v) is 6.00. The van der Waals surface area contributed by atoms with Gasteiger partial charge in [0.1, 0.15) is 5.02 Å². The topological polar surface area (TPSA) is 56.1 Å². The van der Waals surface area contributed by atoms with E-state index in [2.05, 4.69) is 24.3 Å². The van der Waals surface area contributed by atoms with Gasteiger partial charge < -0.3 is 10.1 Å². The molecule has 1 heterocycles. The molecule has 0 spiro atoms. The SMILES string of the molecule is CCO[C@H]1C[C@@H](Nc2cnn(C)c(=O)c2Cl)C1(CC)CC. The van der Waals surface area contributed by atoms with E-state index in [-0.39, 0.29) is 28.1 Å². The summed E-state index contributed by atoms with van der Waals surface area (Å²) in [6.45, 7) is 7.13. The smallest absolute Gasteiger partial charge is 0.287 e. The Labute approximate surface area is 130 Å². The minimum Gasteiger partial charge on any atom is -0.379 e. The number of halogens is 1. The van der Waals surface area contributed by atoms with E-state index in [1.807, 2.05) is 6.92 Å². The molecule has 0 saturated heterocycles. The van der Waals surface area contributed by atoms with E-state index in [0.29, 0.717) is 5.69 Å². The van der Waals surface area contributed by atoms with Crippen molar-refractivity contribution in [3.63, 3.8) is 0 Å². The van der Waals surface area contributed by atoms with Crippen LogP contribution in [-0.2, 0) is 11.8 Å². The maximum Gasteiger partial charge on any atom is 0.287 e. The van der Waals surface area contributed by atoms with Gasteiger partial charge in [-0.3, -0.25) is 4.79 Å². The van der Waals surface area contributed by atoms with E-state index in [4.69, 9.17) is 16.3 Å². The van der Waals surface area contributed by atoms with Crippen LogP contribution in [0.3, 0.4) is 0 Å². The lowest BCUT2D eigenvalue weighted by molar-refractivity contribution is -0.121. The fourth-order valence-electron chi connectivity index (χ4n) is 3.38. The summed E-state index contributed by atoms with van der Waals surface area (Å²) in [6, 6.07) is 0.260. The maximum absolute atomic E-state index is 11.8. The van der Waals surface area contributed by atoms with Crippen molar-refractivity contribution in [2.24, 2.45) is 12.5 Å². The molecule has 2 atom stereocenters. The predicted molar refractivity (Wildman–Crippen MR) is 84.9 cm³/mol. The Morgan fingerprint density at radius 1 is 1.48 bits per heavy atom. The Bertz CT molecular complexity index is 554. The first-order chi connectivity index (χ1) is 10.00. The third-order valence-corrected chi connectivity index (χ3v) is 5.24. The molecular weight excluding hydrogens is 290 g/mol. The first kappa shape index (κ1) is 16.3. The van der Waals surface area contributed by atoms with Crippen LogP contribution >= 0.6 is 11.6 Å². The minimum atomic E-state index is -0.277. The van der Waals surface area contributed by atoms with Crippen molar-refractivity contribution in [1.82, 2.24) is 9.78 Å². The van der Waals surface area contributed by atoms with Crippen molar-refractivity contribution in [3.8, 4) is 0 Å². The van der Waals surface area contributed by atoms with Crippen LogP contribution in [0.2, 0.25) is 5.02 Å². The summed E-state index contributed by atoms with van der Waals surface area (Å²) < 4.78 is 7.10. The highest BCUT2D eigenvalue weighted by Crippen LogP contribution is 2.50. The van der Waals surface area contributed by atoms with Gasteiger partial charge in [-0.05, 0) is 26.2 Å². The van der Waals surface area contributed by atoms with Gasteiger partial charge in [-0.2, -0.15) is 5.10 Å². The molecule has 0 amide bonds. The van der Waals surface area contributed by atoms with Crippen LogP contribution in [0, 0.1) is 5.41 Å². The summed E-state index contributed by atoms with van der Waals surface area (Å²) in [5, 5.41) is 7.64. The molecule has 0 aromatic carbocycles. The van der Waals surface area contributed by atoms with Gasteiger partial charge in [0.2, 0.25) is 0 Å². The monoisotopic (exact) mass is 313 g/mol. The second-order valence-electron chi connectivity index (χ2n) is 5.62. The standard InChI is InChI=1S/C15H24ClN3O2/c1-5-15(6-2)11(8-12(15)21-7-3)18-10-9-17-19(4)14(20)13(10)16/h9,11-12,18H,5-8H2,1-4H3/t11-,12+/m1/s1. The van der Waals surface area contributed by atoms with Crippen LogP contribution in [0.5, 0.6) is 0 Å². The molecule has 1 aliphatic rings. The molecule has 0 radical (unpaired) electrons. The van der Waals surface area contributed by atoms with Crippen LogP contribution in [0.1, 0.15) is 40.0 Å². The number of rotatable bonds is 6. The zero-order chi connectivity index (χ0) is 15.6. The summed E-state index contributed by atoms with van der Waals surface area (Å²) in [7, 11) is 1.59. The molecule has 5 nitrogen and oxygen atoms in total. The van der Waals surface area contributed by atoms with E-state index < -0.39 is 0 Å². The van der Waals surface area contributed by atoms with Crippen LogP contribution in [0.4, 0.5) is 5.69 Å². The summed E-state index contributed by atoms with van der Waals surface area (Å²) in [4.78, 5) is 11.8. The average Bonchev–Trinajstić information content (AvgIpc) is 2.47. The fraction of sp³-hybridized carbons (Fsp3) is 0.733. The van der Waals surface area contributed by atoms with E-state index in [9.17, 15) is 4.79 Å². The molecule has 21 heavy (non-hydrogen) atoms. The largest absolute Gasteiger partial charge is 0.379 e. The minimum absolute atomic E-state index is 0.0976. The third kappa shape index (κ3) is 2.69. The van der Waals surface area contributed by atoms with Gasteiger partial charge in [0, 0.05) is 25.1 Å². The van der Waals surface area contributed by atoms with Gasteiger partial charge in [0.25, 0.3) is 5.56 Å². The Hall–Kier alpha value is -1.07. The average molecular weight is 314 g/mol. The number of anilines is 1. The molecule has 1 N–H and O–H groups in total. The molecule has 0 bridgehead atoms. The number of aryl methyl sites for hydroxylation is 1. The Morgan fingerprint density at radius 3 is 2.71 bits per heavy atom. The van der Waals surface area contributed by atoms with Crippen LogP contribution in [-0.4, -0.2) is 28.5 Å². The van der Waals surface area contributed by atoms with E-state index in [0.717, 1.165) is 25.9 Å². The zero-order valence-electron chi connectivity index (χ0n) is 13.1. The third-order valence-electron chi connectivity index (χ3n) is 4.88. The van der Waals surface area contributed by atoms with E-state index >= 15 is 0 Å². The van der Waals surface area contributed by atoms with Gasteiger partial charge in [-0.25, -0.2) is 4.68 Å². The van der Waals surface area contributed by atoms with Crippen molar-refractivity contribution < 1.29 is 4.74 Å². The summed E-state index contributed by atoms with van der Waals surface area (Å²) in [5.74, 6) is 0. The van der Waals surface area contributed by atoms with E-state index in [1.165, 1.54) is 4.68 Å². The summed E-state index contributed by atoms with van der Waals surface area (Å²) in [6.07, 6.45) is 4.88. The number of hydrogen-bond acceptors (Lipinski definition) is 4. The molecule has 1 aromatic heterocycles. The van der Waals surface area contributed by atoms with Crippen molar-refractivity contribution in [2.75, 3.05) is 11.9 Å². The molecule has 1 aliphatic carbocycles. The highest BCUT2D eigenvalue weighted by molar-refractivity contribution is 6.32. The summed E-state index contributed by atoms with van der Waals surface area (Å²) >= 11 is 6.13. The zero-order valence-corrected chi connectivity index (χ0v) is 13.9. The molecule has 6 heteroatoms. The van der Waals surface area contributed by atoms with Crippen LogP contribution in [0.25, 0.3) is 0 Å². The van der Waals surface area contributed by atoms with Crippen molar-refractivity contribution in [2.45, 2.75) is 52.2 Å². The lowest BCUT2D eigenvalue weighted by Gasteiger charge is -2.55. The Kier molecular flexibility index (Phi) is 4.94. The lowest BCUT2D eigenvalue weighted by Crippen LogP contribution is -2.61. The number of nitrogens with one attached hydrogen (secondary N) is 1. The van der Waals surface area contributed by atoms with Gasteiger partial charge in [0.05, 0.1) is 18.0 Å². The van der Waals surface area contributed by atoms with Crippen LogP contribution < -0.4 is 10.9 Å². The quantitative estimate of drug-likeness (QED) is 0.877. The number of aromatic nitrogens is 2. The molecule has 1 fully saturated rings. The van der Waals surface area contributed by atoms with Crippen molar-refractivity contribution in [3.05, 3.63) is 21.6 Å². The molecule has 2 rings (SSSR count). The highest BCUT2D eigenvalue weighted by atomic mass is 35.5. The fourth-order valence-corrected chi connectivity index (χ4v) is 3.61. The molecular formula is C15H24ClN3O2. The van der Waals surface area contributed by atoms with Gasteiger partial charge in [-0.15, -0.1) is 0 Å². The lowest BCUT2D eigenvalue weighted by atomic mass is 9.58. The van der Waals surface area contributed by atoms with Crippen molar-refractivity contribution >= 4 is 17.3 Å². The number of nitrogens with zero attached hydrogens (tertiary/aromatic N) is 2. The molecule has 0 unspecified atom stereocenters. The van der Waals surface area contributed by atoms with Gasteiger partial charge >= 0.3 is 0 Å². The Morgan fingerprint density at radius 2 is 2.14 bits per heavy atom. The normalized spacial score (nSPS) is 23.7. The van der Waals surface area contributed by atoms with Gasteiger partial charge in [0.15, 0.2) is 0 Å². The van der Waals surface area contributed by atoms with Crippen molar-refractivity contribution in [1.29, 1.82) is 0 Å². The Balaban J connectivity index is 2.21.